The summed E-state index contributed by atoms with van der Waals surface area (Å²) in [6, 6.07) is 3.97. The molecule has 0 heterocycles. The highest BCUT2D eigenvalue weighted by atomic mass is 16.4. The van der Waals surface area contributed by atoms with Crippen LogP contribution in [-0.2, 0) is 11.2 Å². The van der Waals surface area contributed by atoms with E-state index in [0.29, 0.717) is 0 Å². The lowest BCUT2D eigenvalue weighted by Crippen LogP contribution is -2.49. The van der Waals surface area contributed by atoms with E-state index in [4.69, 9.17) is 10.3 Å². The summed E-state index contributed by atoms with van der Waals surface area (Å²) >= 11 is 0. The van der Waals surface area contributed by atoms with E-state index in [0.717, 1.165) is 0 Å². The number of para-hydroxylation sites is 1. The van der Waals surface area contributed by atoms with Gasteiger partial charge in [0.15, 0.2) is 0 Å². The van der Waals surface area contributed by atoms with E-state index in [-0.39, 0.29) is 29.7 Å². The van der Waals surface area contributed by atoms with Gasteiger partial charge >= 0.3 is 13.1 Å². The Labute approximate surface area is 132 Å². The molecule has 0 bridgehead atoms. The van der Waals surface area contributed by atoms with Crippen LogP contribution in [0, 0.1) is 0 Å². The molecule has 10 heteroatoms. The van der Waals surface area contributed by atoms with Gasteiger partial charge in [0.25, 0.3) is 5.91 Å². The van der Waals surface area contributed by atoms with Crippen molar-refractivity contribution < 1.29 is 35.1 Å². The quantitative estimate of drug-likeness (QED) is 0.168. The van der Waals surface area contributed by atoms with Crippen molar-refractivity contribution in [1.29, 1.82) is 0 Å². The molecule has 0 spiro atoms. The second kappa shape index (κ2) is 8.15. The zero-order chi connectivity index (χ0) is 17.6. The Morgan fingerprint density at radius 3 is 2.48 bits per heavy atom. The summed E-state index contributed by atoms with van der Waals surface area (Å²) in [6.45, 7) is 1.57. The molecule has 9 nitrogen and oxygen atoms in total. The highest BCUT2D eigenvalue weighted by Gasteiger charge is 2.28. The van der Waals surface area contributed by atoms with Gasteiger partial charge in [0.05, 0.1) is 5.94 Å². The number of carboxylic acid groups (broad SMARTS) is 1. The Balaban J connectivity index is 3.00. The van der Waals surface area contributed by atoms with Crippen LogP contribution in [0.5, 0.6) is 5.75 Å². The largest absolute Gasteiger partial charge is 0.507 e. The molecule has 0 saturated carbocycles. The molecular formula is C13H17BN2O7. The van der Waals surface area contributed by atoms with Gasteiger partial charge in [0, 0.05) is 0 Å². The number of oxime groups is 1. The monoisotopic (exact) mass is 324 g/mol. The number of aromatic hydroxyl groups is 1. The third-order valence-electron chi connectivity index (χ3n) is 3.18. The summed E-state index contributed by atoms with van der Waals surface area (Å²) in [7, 11) is -1.97. The van der Waals surface area contributed by atoms with Crippen molar-refractivity contribution in [2.24, 2.45) is 5.16 Å². The number of rotatable bonds is 7. The number of carboxylic acids is 1. The first-order valence-corrected chi connectivity index (χ1v) is 6.73. The van der Waals surface area contributed by atoms with Crippen LogP contribution in [-0.4, -0.2) is 56.1 Å². The lowest BCUT2D eigenvalue weighted by atomic mass is 9.75. The molecule has 0 aliphatic rings. The number of nitrogens with zero attached hydrogens (tertiary/aromatic N) is 1. The molecule has 0 aromatic heterocycles. The average Bonchev–Trinajstić information content (AvgIpc) is 2.49. The topological polar surface area (TPSA) is 160 Å². The predicted molar refractivity (Wildman–Crippen MR) is 80.4 cm³/mol. The van der Waals surface area contributed by atoms with Gasteiger partial charge in [0.1, 0.15) is 17.0 Å². The van der Waals surface area contributed by atoms with Crippen LogP contribution in [0.1, 0.15) is 29.3 Å². The van der Waals surface area contributed by atoms with E-state index in [1.54, 1.807) is 6.92 Å². The van der Waals surface area contributed by atoms with Crippen LogP contribution >= 0.6 is 0 Å². The Hall–Kier alpha value is -2.59. The van der Waals surface area contributed by atoms with Gasteiger partial charge in [-0.15, -0.1) is 0 Å². The molecule has 0 aliphatic heterocycles. The maximum Gasteiger partial charge on any atom is 0.475 e. The first-order valence-electron chi connectivity index (χ1n) is 6.73. The summed E-state index contributed by atoms with van der Waals surface area (Å²) in [6.07, 6.45) is -0.116. The van der Waals surface area contributed by atoms with Crippen molar-refractivity contribution in [2.45, 2.75) is 25.7 Å². The Morgan fingerprint density at radius 1 is 1.35 bits per heavy atom. The second-order valence-corrected chi connectivity index (χ2v) is 4.72. The highest BCUT2D eigenvalue weighted by molar-refractivity contribution is 6.46. The number of aromatic carboxylic acids is 1. The first-order chi connectivity index (χ1) is 10.8. The van der Waals surface area contributed by atoms with Crippen molar-refractivity contribution in [1.82, 2.24) is 5.32 Å². The fourth-order valence-electron chi connectivity index (χ4n) is 1.92. The van der Waals surface area contributed by atoms with Crippen LogP contribution in [0.3, 0.4) is 0 Å². The third-order valence-corrected chi connectivity index (χ3v) is 3.18. The molecule has 1 aromatic rings. The molecule has 0 saturated heterocycles. The van der Waals surface area contributed by atoms with Gasteiger partial charge in [-0.05, 0) is 24.5 Å². The maximum absolute atomic E-state index is 11.8. The van der Waals surface area contributed by atoms with E-state index in [1.807, 2.05) is 0 Å². The molecule has 0 fully saturated rings. The second-order valence-electron chi connectivity index (χ2n) is 4.72. The van der Waals surface area contributed by atoms with E-state index >= 15 is 0 Å². The van der Waals surface area contributed by atoms with Gasteiger partial charge in [-0.1, -0.05) is 24.2 Å². The fraction of sp³-hybridized carbons (Fsp3) is 0.308. The van der Waals surface area contributed by atoms with E-state index in [9.17, 15) is 24.7 Å². The van der Waals surface area contributed by atoms with E-state index in [2.05, 4.69) is 10.5 Å². The molecule has 1 atom stereocenters. The maximum atomic E-state index is 11.8. The van der Waals surface area contributed by atoms with E-state index < -0.39 is 30.7 Å². The van der Waals surface area contributed by atoms with Gasteiger partial charge in [-0.2, -0.15) is 0 Å². The molecule has 1 aromatic carbocycles. The minimum Gasteiger partial charge on any atom is -0.507 e. The molecule has 124 valence electrons. The summed E-state index contributed by atoms with van der Waals surface area (Å²) in [5.41, 5.74) is -0.437. The summed E-state index contributed by atoms with van der Waals surface area (Å²) in [5, 5.41) is 51.3. The van der Waals surface area contributed by atoms with Gasteiger partial charge in [-0.3, -0.25) is 4.79 Å². The van der Waals surface area contributed by atoms with Crippen LogP contribution in [0.15, 0.2) is 23.4 Å². The van der Waals surface area contributed by atoms with Crippen molar-refractivity contribution in [3.63, 3.8) is 0 Å². The average molecular weight is 324 g/mol. The number of hydrogen-bond acceptors (Lipinski definition) is 7. The molecule has 1 rings (SSSR count). The van der Waals surface area contributed by atoms with Gasteiger partial charge < -0.3 is 30.8 Å². The van der Waals surface area contributed by atoms with Crippen molar-refractivity contribution in [3.05, 3.63) is 29.3 Å². The molecule has 0 aliphatic carbocycles. The Kier molecular flexibility index (Phi) is 6.55. The number of nitrogens with one attached hydrogen (secondary N) is 1. The minimum absolute atomic E-state index is 0.113. The summed E-state index contributed by atoms with van der Waals surface area (Å²) in [4.78, 5) is 22.8. The van der Waals surface area contributed by atoms with Crippen molar-refractivity contribution >= 4 is 24.7 Å². The summed E-state index contributed by atoms with van der Waals surface area (Å²) in [5.74, 6) is -3.90. The van der Waals surface area contributed by atoms with Crippen LogP contribution in [0.25, 0.3) is 0 Å². The molecule has 0 unspecified atom stereocenters. The molecule has 1 amide bonds. The molecule has 23 heavy (non-hydrogen) atoms. The zero-order valence-electron chi connectivity index (χ0n) is 12.3. The molecule has 6 N–H and O–H groups in total. The summed E-state index contributed by atoms with van der Waals surface area (Å²) < 4.78 is 0. The number of phenols is 1. The Morgan fingerprint density at radius 2 is 2.00 bits per heavy atom. The number of benzene rings is 1. The lowest BCUT2D eigenvalue weighted by molar-refractivity contribution is -0.115. The Bertz CT molecular complexity index is 618. The third kappa shape index (κ3) is 4.69. The number of hydrogen-bond donors (Lipinski definition) is 6. The number of carbonyl (C=O) groups is 2. The predicted octanol–water partition coefficient (Wildman–Crippen LogP) is -0.630. The minimum atomic E-state index is -1.97. The smallest absolute Gasteiger partial charge is 0.475 e. The zero-order valence-corrected chi connectivity index (χ0v) is 12.3. The van der Waals surface area contributed by atoms with Gasteiger partial charge in [0.2, 0.25) is 0 Å². The molecule has 0 radical (unpaired) electrons. The van der Waals surface area contributed by atoms with Gasteiger partial charge in [-0.25, -0.2) is 4.79 Å². The number of amides is 1. The standard InChI is InChI=1S/C13H17BN2O7/c1-2-9(16-23)12(18)15-10(14(21)22)6-7-4-3-5-8(11(7)17)13(19)20/h3-5,10,17,21-23H,2,6H2,1H3,(H,15,18)(H,19,20)/b16-9-/t10-/m0/s1. The lowest BCUT2D eigenvalue weighted by Gasteiger charge is -2.19. The number of carbonyl (C=O) groups excluding carboxylic acids is 1. The SMILES string of the molecule is CC/C(=N/O)C(=O)N[C@@H](Cc1cccc(C(=O)O)c1O)B(O)O. The van der Waals surface area contributed by atoms with Crippen molar-refractivity contribution in [2.75, 3.05) is 0 Å². The first kappa shape index (κ1) is 18.5. The highest BCUT2D eigenvalue weighted by Crippen LogP contribution is 2.23. The van der Waals surface area contributed by atoms with Crippen LogP contribution in [0.2, 0.25) is 0 Å². The van der Waals surface area contributed by atoms with Crippen LogP contribution in [0.4, 0.5) is 0 Å². The van der Waals surface area contributed by atoms with Crippen LogP contribution < -0.4 is 5.32 Å². The fourth-order valence-corrected chi connectivity index (χ4v) is 1.92. The van der Waals surface area contributed by atoms with Crippen molar-refractivity contribution in [3.8, 4) is 5.75 Å². The normalized spacial score (nSPS) is 12.6. The van der Waals surface area contributed by atoms with E-state index in [1.165, 1.54) is 18.2 Å². The molecular weight excluding hydrogens is 307 g/mol.